The summed E-state index contributed by atoms with van der Waals surface area (Å²) >= 11 is 0. The quantitative estimate of drug-likeness (QED) is 0.884. The smallest absolute Gasteiger partial charge is 0.297 e. The molecule has 3 heterocycles. The van der Waals surface area contributed by atoms with E-state index in [0.29, 0.717) is 6.04 Å². The Morgan fingerprint density at radius 3 is 2.78 bits per heavy atom. The lowest BCUT2D eigenvalue weighted by molar-refractivity contribution is 0.470. The fraction of sp³-hybridized carbons (Fsp3) is 0.417. The van der Waals surface area contributed by atoms with Crippen molar-refractivity contribution in [3.05, 3.63) is 31.1 Å². The Labute approximate surface area is 105 Å². The third-order valence-electron chi connectivity index (χ3n) is 3.12. The molecule has 0 aliphatic carbocycles. The zero-order chi connectivity index (χ0) is 12.2. The first kappa shape index (κ1) is 11.0. The summed E-state index contributed by atoms with van der Waals surface area (Å²) in [4.78, 5) is 14.4. The minimum Gasteiger partial charge on any atom is -0.432 e. The second kappa shape index (κ2) is 5.03. The van der Waals surface area contributed by atoms with Crippen molar-refractivity contribution in [3.63, 3.8) is 0 Å². The fourth-order valence-electron chi connectivity index (χ4n) is 2.17. The van der Waals surface area contributed by atoms with Gasteiger partial charge in [-0.2, -0.15) is 0 Å². The number of piperidine rings is 1. The minimum atomic E-state index is 0.450. The van der Waals surface area contributed by atoms with E-state index in [1.165, 1.54) is 0 Å². The highest BCUT2D eigenvalue weighted by atomic mass is 16.4. The fourth-order valence-corrected chi connectivity index (χ4v) is 2.17. The third-order valence-corrected chi connectivity index (χ3v) is 3.12. The first-order chi connectivity index (χ1) is 8.92. The molecule has 0 aromatic carbocycles. The van der Waals surface area contributed by atoms with E-state index >= 15 is 0 Å². The third kappa shape index (κ3) is 2.42. The van der Waals surface area contributed by atoms with E-state index in [1.54, 1.807) is 25.0 Å². The monoisotopic (exact) mass is 245 g/mol. The number of rotatable bonds is 3. The zero-order valence-electron chi connectivity index (χ0n) is 9.99. The first-order valence-electron chi connectivity index (χ1n) is 6.09. The van der Waals surface area contributed by atoms with Crippen molar-refractivity contribution >= 4 is 11.8 Å². The first-order valence-corrected chi connectivity index (χ1v) is 6.09. The van der Waals surface area contributed by atoms with Crippen molar-refractivity contribution in [3.8, 4) is 0 Å². The molecule has 0 unspecified atom stereocenters. The van der Waals surface area contributed by atoms with Crippen molar-refractivity contribution in [1.29, 1.82) is 0 Å². The van der Waals surface area contributed by atoms with Crippen LogP contribution < -0.4 is 10.2 Å². The Hall–Kier alpha value is -2.11. The van der Waals surface area contributed by atoms with E-state index < -0.39 is 0 Å². The average molecular weight is 245 g/mol. The number of oxazole rings is 1. The van der Waals surface area contributed by atoms with Gasteiger partial charge in [0.1, 0.15) is 18.4 Å². The number of hydrogen-bond acceptors (Lipinski definition) is 6. The molecule has 6 nitrogen and oxygen atoms in total. The van der Waals surface area contributed by atoms with Gasteiger partial charge in [0.2, 0.25) is 0 Å². The van der Waals surface area contributed by atoms with Gasteiger partial charge in [-0.1, -0.05) is 0 Å². The summed E-state index contributed by atoms with van der Waals surface area (Å²) in [6.45, 7) is 1.90. The van der Waals surface area contributed by atoms with E-state index in [0.717, 1.165) is 37.8 Å². The van der Waals surface area contributed by atoms with Gasteiger partial charge >= 0.3 is 0 Å². The van der Waals surface area contributed by atoms with Gasteiger partial charge in [0, 0.05) is 25.3 Å². The number of nitrogens with zero attached hydrogens (tertiary/aromatic N) is 4. The summed E-state index contributed by atoms with van der Waals surface area (Å²) in [6.07, 6.45) is 8.70. The number of anilines is 2. The molecule has 1 N–H and O–H groups in total. The molecular weight excluding hydrogens is 230 g/mol. The van der Waals surface area contributed by atoms with Gasteiger partial charge < -0.3 is 14.6 Å². The Bertz CT molecular complexity index is 464. The standard InChI is InChI=1S/C12H15N5O/c1-4-13-9-15-11(1)16-10-2-6-17(7-3-10)12-14-5-8-18-12/h1,4-5,8-10H,2-3,6-7H2,(H,13,15,16). The van der Waals surface area contributed by atoms with Crippen LogP contribution >= 0.6 is 0 Å². The summed E-state index contributed by atoms with van der Waals surface area (Å²) in [7, 11) is 0. The van der Waals surface area contributed by atoms with Crippen LogP contribution in [-0.4, -0.2) is 34.1 Å². The Morgan fingerprint density at radius 2 is 2.11 bits per heavy atom. The molecule has 0 atom stereocenters. The van der Waals surface area contributed by atoms with Gasteiger partial charge in [-0.05, 0) is 18.9 Å². The average Bonchev–Trinajstić information content (AvgIpc) is 2.95. The molecule has 2 aromatic heterocycles. The molecule has 94 valence electrons. The second-order valence-electron chi connectivity index (χ2n) is 4.31. The molecule has 1 aliphatic heterocycles. The van der Waals surface area contributed by atoms with E-state index in [1.807, 2.05) is 6.07 Å². The van der Waals surface area contributed by atoms with Gasteiger partial charge in [0.25, 0.3) is 6.01 Å². The Kier molecular flexibility index (Phi) is 3.08. The molecular formula is C12H15N5O. The van der Waals surface area contributed by atoms with E-state index in [-0.39, 0.29) is 0 Å². The lowest BCUT2D eigenvalue weighted by atomic mass is 10.1. The zero-order valence-corrected chi connectivity index (χ0v) is 9.99. The SMILES string of the molecule is c1cc(NC2CCN(c3ncco3)CC2)ncn1. The van der Waals surface area contributed by atoms with Gasteiger partial charge in [-0.3, -0.25) is 0 Å². The molecule has 0 saturated carbocycles. The molecule has 1 fully saturated rings. The van der Waals surface area contributed by atoms with Crippen LogP contribution in [0.25, 0.3) is 0 Å². The van der Waals surface area contributed by atoms with Crippen LogP contribution in [-0.2, 0) is 0 Å². The number of nitrogens with one attached hydrogen (secondary N) is 1. The van der Waals surface area contributed by atoms with Gasteiger partial charge in [0.15, 0.2) is 0 Å². The van der Waals surface area contributed by atoms with Crippen molar-refractivity contribution in [2.45, 2.75) is 18.9 Å². The molecule has 2 aromatic rings. The number of aromatic nitrogens is 3. The molecule has 3 rings (SSSR count). The maximum absolute atomic E-state index is 5.30. The molecule has 0 radical (unpaired) electrons. The van der Waals surface area contributed by atoms with Gasteiger partial charge in [0.05, 0.1) is 6.20 Å². The van der Waals surface area contributed by atoms with Crippen molar-refractivity contribution in [1.82, 2.24) is 15.0 Å². The molecule has 1 aliphatic rings. The Balaban J connectivity index is 1.54. The van der Waals surface area contributed by atoms with Crippen LogP contribution in [0.1, 0.15) is 12.8 Å². The highest BCUT2D eigenvalue weighted by Gasteiger charge is 2.21. The van der Waals surface area contributed by atoms with Crippen LogP contribution in [0.2, 0.25) is 0 Å². The van der Waals surface area contributed by atoms with Crippen LogP contribution in [0.3, 0.4) is 0 Å². The molecule has 0 amide bonds. The maximum atomic E-state index is 5.30. The van der Waals surface area contributed by atoms with Crippen LogP contribution in [0.15, 0.2) is 35.5 Å². The van der Waals surface area contributed by atoms with Gasteiger partial charge in [-0.25, -0.2) is 15.0 Å². The summed E-state index contributed by atoms with van der Waals surface area (Å²) in [5.41, 5.74) is 0. The van der Waals surface area contributed by atoms with E-state index in [4.69, 9.17) is 4.42 Å². The molecule has 18 heavy (non-hydrogen) atoms. The van der Waals surface area contributed by atoms with E-state index in [2.05, 4.69) is 25.2 Å². The largest absolute Gasteiger partial charge is 0.432 e. The molecule has 1 saturated heterocycles. The Morgan fingerprint density at radius 1 is 1.22 bits per heavy atom. The van der Waals surface area contributed by atoms with Crippen molar-refractivity contribution < 1.29 is 4.42 Å². The highest BCUT2D eigenvalue weighted by Crippen LogP contribution is 2.19. The predicted molar refractivity (Wildman–Crippen MR) is 67.4 cm³/mol. The predicted octanol–water partition coefficient (Wildman–Crippen LogP) is 1.55. The van der Waals surface area contributed by atoms with E-state index in [9.17, 15) is 0 Å². The molecule has 0 bridgehead atoms. The minimum absolute atomic E-state index is 0.450. The van der Waals surface area contributed by atoms with Gasteiger partial charge in [-0.15, -0.1) is 0 Å². The second-order valence-corrected chi connectivity index (χ2v) is 4.31. The highest BCUT2D eigenvalue weighted by molar-refractivity contribution is 5.34. The van der Waals surface area contributed by atoms with Crippen LogP contribution in [0, 0.1) is 0 Å². The van der Waals surface area contributed by atoms with Crippen molar-refractivity contribution in [2.75, 3.05) is 23.3 Å². The molecule has 0 spiro atoms. The summed E-state index contributed by atoms with van der Waals surface area (Å²) in [5, 5.41) is 3.42. The summed E-state index contributed by atoms with van der Waals surface area (Å²) in [6, 6.07) is 3.06. The van der Waals surface area contributed by atoms with Crippen LogP contribution in [0.5, 0.6) is 0 Å². The summed E-state index contributed by atoms with van der Waals surface area (Å²) < 4.78 is 5.30. The topological polar surface area (TPSA) is 67.1 Å². The molecule has 6 heteroatoms. The number of hydrogen-bond donors (Lipinski definition) is 1. The maximum Gasteiger partial charge on any atom is 0.297 e. The van der Waals surface area contributed by atoms with Crippen molar-refractivity contribution in [2.24, 2.45) is 0 Å². The summed E-state index contributed by atoms with van der Waals surface area (Å²) in [5.74, 6) is 0.888. The lowest BCUT2D eigenvalue weighted by Crippen LogP contribution is -2.39. The van der Waals surface area contributed by atoms with Crippen LogP contribution in [0.4, 0.5) is 11.8 Å². The lowest BCUT2D eigenvalue weighted by Gasteiger charge is -2.31. The normalized spacial score (nSPS) is 16.8.